The number of Topliss-reactive ketones (excluding diaryl/α,β-unsaturated/α-hetero) is 1. The van der Waals surface area contributed by atoms with Gasteiger partial charge in [-0.1, -0.05) is 17.7 Å². The summed E-state index contributed by atoms with van der Waals surface area (Å²) in [5.41, 5.74) is 3.00. The highest BCUT2D eigenvalue weighted by atomic mass is 35.5. The van der Waals surface area contributed by atoms with Crippen molar-refractivity contribution in [2.45, 2.75) is 26.8 Å². The largest absolute Gasteiger partial charge is 0.507 e. The highest BCUT2D eigenvalue weighted by Gasteiger charge is 2.48. The van der Waals surface area contributed by atoms with Gasteiger partial charge in [0.05, 0.1) is 5.57 Å². The van der Waals surface area contributed by atoms with Gasteiger partial charge in [-0.15, -0.1) is 0 Å². The van der Waals surface area contributed by atoms with Crippen LogP contribution in [0.3, 0.4) is 0 Å². The standard InChI is InChI=1S/C24H20ClNO4/c1-13-4-10-18(12-14(13)2)26-21(19-11-5-15(3)30-19)20(23(28)24(26)29)22(27)16-6-8-17(25)9-7-16/h4-12,21,27H,1-3H3/b22-20-. The van der Waals surface area contributed by atoms with E-state index < -0.39 is 17.7 Å². The van der Waals surface area contributed by atoms with Crippen molar-refractivity contribution in [2.24, 2.45) is 0 Å². The number of hydrogen-bond donors (Lipinski definition) is 1. The van der Waals surface area contributed by atoms with Crippen LogP contribution in [-0.4, -0.2) is 16.8 Å². The number of hydrogen-bond acceptors (Lipinski definition) is 4. The van der Waals surface area contributed by atoms with E-state index in [1.807, 2.05) is 26.0 Å². The molecule has 1 fully saturated rings. The first-order chi connectivity index (χ1) is 14.3. The molecule has 1 saturated heterocycles. The fraction of sp³-hybridized carbons (Fsp3) is 0.167. The summed E-state index contributed by atoms with van der Waals surface area (Å²) in [6.45, 7) is 5.70. The van der Waals surface area contributed by atoms with E-state index in [0.29, 0.717) is 27.8 Å². The van der Waals surface area contributed by atoms with Crippen LogP contribution in [0.25, 0.3) is 5.76 Å². The minimum atomic E-state index is -0.878. The average Bonchev–Trinajstić information content (AvgIpc) is 3.25. The van der Waals surface area contributed by atoms with Crippen LogP contribution in [0, 0.1) is 20.8 Å². The third-order valence-electron chi connectivity index (χ3n) is 5.36. The Bertz CT molecular complexity index is 1190. The minimum Gasteiger partial charge on any atom is -0.507 e. The second kappa shape index (κ2) is 7.50. The summed E-state index contributed by atoms with van der Waals surface area (Å²) < 4.78 is 5.79. The van der Waals surface area contributed by atoms with Crippen molar-refractivity contribution in [1.82, 2.24) is 0 Å². The zero-order valence-electron chi connectivity index (χ0n) is 16.8. The number of carbonyl (C=O) groups excluding carboxylic acids is 2. The molecule has 152 valence electrons. The van der Waals surface area contributed by atoms with Crippen LogP contribution in [-0.2, 0) is 9.59 Å². The molecule has 2 aromatic carbocycles. The molecule has 1 amide bonds. The lowest BCUT2D eigenvalue weighted by Gasteiger charge is -2.24. The topological polar surface area (TPSA) is 70.8 Å². The van der Waals surface area contributed by atoms with Crippen LogP contribution in [0.2, 0.25) is 5.02 Å². The van der Waals surface area contributed by atoms with Gasteiger partial charge in [-0.2, -0.15) is 0 Å². The first-order valence-electron chi connectivity index (χ1n) is 9.48. The second-order valence-corrected chi connectivity index (χ2v) is 7.83. The number of amides is 1. The smallest absolute Gasteiger partial charge is 0.300 e. The van der Waals surface area contributed by atoms with E-state index in [1.165, 1.54) is 4.90 Å². The van der Waals surface area contributed by atoms with Gasteiger partial charge in [-0.3, -0.25) is 14.5 Å². The second-order valence-electron chi connectivity index (χ2n) is 7.39. The summed E-state index contributed by atoms with van der Waals surface area (Å²) in [5, 5.41) is 11.5. The van der Waals surface area contributed by atoms with Gasteiger partial charge in [0, 0.05) is 16.3 Å². The lowest BCUT2D eigenvalue weighted by molar-refractivity contribution is -0.132. The number of furan rings is 1. The quantitative estimate of drug-likeness (QED) is 0.345. The summed E-state index contributed by atoms with van der Waals surface area (Å²) in [5.74, 6) is -0.703. The molecule has 0 saturated carbocycles. The first-order valence-corrected chi connectivity index (χ1v) is 9.86. The number of benzene rings is 2. The highest BCUT2D eigenvalue weighted by molar-refractivity contribution is 6.51. The lowest BCUT2D eigenvalue weighted by atomic mass is 9.99. The normalized spacial score (nSPS) is 18.3. The molecule has 5 nitrogen and oxygen atoms in total. The predicted molar refractivity (Wildman–Crippen MR) is 116 cm³/mol. The molecule has 1 atom stereocenters. The number of aryl methyl sites for hydroxylation is 3. The monoisotopic (exact) mass is 421 g/mol. The van der Waals surface area contributed by atoms with Crippen LogP contribution >= 0.6 is 11.6 Å². The van der Waals surface area contributed by atoms with Crippen molar-refractivity contribution in [1.29, 1.82) is 0 Å². The van der Waals surface area contributed by atoms with Crippen molar-refractivity contribution in [3.63, 3.8) is 0 Å². The van der Waals surface area contributed by atoms with Crippen LogP contribution in [0.1, 0.15) is 34.3 Å². The number of ketones is 1. The molecule has 2 heterocycles. The van der Waals surface area contributed by atoms with Gasteiger partial charge in [-0.05, 0) is 80.4 Å². The maximum atomic E-state index is 13.1. The molecule has 1 aliphatic rings. The third-order valence-corrected chi connectivity index (χ3v) is 5.61. The molecule has 1 N–H and O–H groups in total. The minimum absolute atomic E-state index is 0.0186. The van der Waals surface area contributed by atoms with Crippen LogP contribution < -0.4 is 4.90 Å². The molecule has 4 rings (SSSR count). The molecule has 6 heteroatoms. The number of rotatable bonds is 3. The van der Waals surface area contributed by atoms with Crippen LogP contribution in [0.15, 0.2) is 64.6 Å². The van der Waals surface area contributed by atoms with Crippen molar-refractivity contribution in [3.8, 4) is 0 Å². The van der Waals surface area contributed by atoms with Gasteiger partial charge in [0.15, 0.2) is 0 Å². The van der Waals surface area contributed by atoms with Crippen molar-refractivity contribution in [2.75, 3.05) is 4.90 Å². The molecule has 0 aliphatic carbocycles. The van der Waals surface area contributed by atoms with Crippen molar-refractivity contribution < 1.29 is 19.1 Å². The number of anilines is 1. The summed E-state index contributed by atoms with van der Waals surface area (Å²) in [6.07, 6.45) is 0. The van der Waals surface area contributed by atoms with Crippen molar-refractivity contribution >= 4 is 34.7 Å². The summed E-state index contributed by atoms with van der Waals surface area (Å²) in [7, 11) is 0. The van der Waals surface area contributed by atoms with E-state index in [4.69, 9.17) is 16.0 Å². The first kappa shape index (κ1) is 20.0. The molecule has 0 spiro atoms. The summed E-state index contributed by atoms with van der Waals surface area (Å²) >= 11 is 5.94. The summed E-state index contributed by atoms with van der Waals surface area (Å²) in [4.78, 5) is 27.5. The summed E-state index contributed by atoms with van der Waals surface area (Å²) in [6, 6.07) is 14.6. The Morgan fingerprint density at radius 2 is 1.67 bits per heavy atom. The molecule has 1 aromatic heterocycles. The molecule has 1 aliphatic heterocycles. The predicted octanol–water partition coefficient (Wildman–Crippen LogP) is 5.48. The van der Waals surface area contributed by atoms with E-state index in [9.17, 15) is 14.7 Å². The SMILES string of the molecule is Cc1ccc(C2/C(=C(/O)c3ccc(Cl)cc3)C(=O)C(=O)N2c2ccc(C)c(C)c2)o1. The maximum absolute atomic E-state index is 13.1. The van der Waals surface area contributed by atoms with Gasteiger partial charge < -0.3 is 9.52 Å². The Kier molecular flexibility index (Phi) is 5.00. The third kappa shape index (κ3) is 3.31. The Labute approximate surface area is 179 Å². The Morgan fingerprint density at radius 3 is 2.27 bits per heavy atom. The number of aliphatic hydroxyl groups is 1. The zero-order chi connectivity index (χ0) is 21.6. The highest BCUT2D eigenvalue weighted by Crippen LogP contribution is 2.43. The van der Waals surface area contributed by atoms with Gasteiger partial charge in [-0.25, -0.2) is 0 Å². The van der Waals surface area contributed by atoms with E-state index in [-0.39, 0.29) is 11.3 Å². The Morgan fingerprint density at radius 1 is 0.967 bits per heavy atom. The van der Waals surface area contributed by atoms with Crippen molar-refractivity contribution in [3.05, 3.63) is 93.4 Å². The maximum Gasteiger partial charge on any atom is 0.300 e. The number of carbonyl (C=O) groups is 2. The number of nitrogens with zero attached hydrogens (tertiary/aromatic N) is 1. The molecule has 0 bridgehead atoms. The molecular formula is C24H20ClNO4. The van der Waals surface area contributed by atoms with Gasteiger partial charge in [0.2, 0.25) is 0 Å². The fourth-order valence-corrected chi connectivity index (χ4v) is 3.73. The zero-order valence-corrected chi connectivity index (χ0v) is 17.5. The van der Waals surface area contributed by atoms with E-state index in [2.05, 4.69) is 0 Å². The molecule has 30 heavy (non-hydrogen) atoms. The Hall–Kier alpha value is -3.31. The van der Waals surface area contributed by atoms with Gasteiger partial charge >= 0.3 is 0 Å². The van der Waals surface area contributed by atoms with E-state index in [0.717, 1.165) is 11.1 Å². The van der Waals surface area contributed by atoms with Gasteiger partial charge in [0.25, 0.3) is 11.7 Å². The molecule has 3 aromatic rings. The molecule has 0 radical (unpaired) electrons. The Balaban J connectivity index is 1.94. The van der Waals surface area contributed by atoms with Crippen LogP contribution in [0.4, 0.5) is 5.69 Å². The molecule has 1 unspecified atom stereocenters. The van der Waals surface area contributed by atoms with Crippen LogP contribution in [0.5, 0.6) is 0 Å². The van der Waals surface area contributed by atoms with Gasteiger partial charge in [0.1, 0.15) is 23.3 Å². The van der Waals surface area contributed by atoms with E-state index in [1.54, 1.807) is 49.4 Å². The molecular weight excluding hydrogens is 402 g/mol. The van der Waals surface area contributed by atoms with E-state index >= 15 is 0 Å². The number of aliphatic hydroxyl groups excluding tert-OH is 1. The average molecular weight is 422 g/mol. The fourth-order valence-electron chi connectivity index (χ4n) is 3.61. The number of halogens is 1. The lowest BCUT2D eigenvalue weighted by Crippen LogP contribution is -2.29.